The standard InChI is InChI=1S/C17H30N2O2/c1-5-18-13-10-21-9-12(13)14(20)19-15-16(2,3)11-6-7-17(15,4)8-11/h11-13,15,18H,5-10H2,1-4H3,(H,19,20). The summed E-state index contributed by atoms with van der Waals surface area (Å²) >= 11 is 0. The lowest BCUT2D eigenvalue weighted by Gasteiger charge is -2.43. The van der Waals surface area contributed by atoms with Gasteiger partial charge in [-0.3, -0.25) is 4.79 Å². The fraction of sp³-hybridized carbons (Fsp3) is 0.941. The van der Waals surface area contributed by atoms with E-state index in [0.29, 0.717) is 19.3 Å². The number of rotatable bonds is 4. The van der Waals surface area contributed by atoms with Crippen molar-refractivity contribution >= 4 is 5.91 Å². The average Bonchev–Trinajstić information content (AvgIpc) is 3.06. The number of nitrogens with one attached hydrogen (secondary N) is 2. The molecule has 2 N–H and O–H groups in total. The lowest BCUT2D eigenvalue weighted by molar-refractivity contribution is -0.128. The number of ether oxygens (including phenoxy) is 1. The average molecular weight is 294 g/mol. The molecular formula is C17H30N2O2. The number of carbonyl (C=O) groups excluding carboxylic acids is 1. The summed E-state index contributed by atoms with van der Waals surface area (Å²) in [6.45, 7) is 11.2. The van der Waals surface area contributed by atoms with Gasteiger partial charge in [0, 0.05) is 12.1 Å². The van der Waals surface area contributed by atoms with Gasteiger partial charge in [0.1, 0.15) is 0 Å². The van der Waals surface area contributed by atoms with Gasteiger partial charge in [0.15, 0.2) is 0 Å². The number of fused-ring (bicyclic) bond motifs is 2. The molecule has 0 aromatic carbocycles. The summed E-state index contributed by atoms with van der Waals surface area (Å²) in [4.78, 5) is 12.8. The second kappa shape index (κ2) is 5.24. The molecule has 2 aliphatic carbocycles. The van der Waals surface area contributed by atoms with E-state index in [9.17, 15) is 4.79 Å². The normalized spacial score (nSPS) is 44.2. The third-order valence-corrected chi connectivity index (χ3v) is 6.44. The van der Waals surface area contributed by atoms with Crippen molar-refractivity contribution in [3.8, 4) is 0 Å². The molecule has 2 saturated carbocycles. The van der Waals surface area contributed by atoms with Gasteiger partial charge in [-0.2, -0.15) is 0 Å². The second-order valence-corrected chi connectivity index (χ2v) is 8.16. The largest absolute Gasteiger partial charge is 0.379 e. The molecule has 0 spiro atoms. The Bertz CT molecular complexity index is 418. The number of amides is 1. The van der Waals surface area contributed by atoms with Gasteiger partial charge >= 0.3 is 0 Å². The van der Waals surface area contributed by atoms with E-state index >= 15 is 0 Å². The molecular weight excluding hydrogens is 264 g/mol. The van der Waals surface area contributed by atoms with Crippen LogP contribution in [0.3, 0.4) is 0 Å². The van der Waals surface area contributed by atoms with E-state index in [4.69, 9.17) is 4.74 Å². The zero-order chi connectivity index (χ0) is 15.3. The summed E-state index contributed by atoms with van der Waals surface area (Å²) in [7, 11) is 0. The zero-order valence-electron chi connectivity index (χ0n) is 13.9. The van der Waals surface area contributed by atoms with Crippen molar-refractivity contribution in [2.24, 2.45) is 22.7 Å². The molecule has 5 atom stereocenters. The molecule has 0 aromatic heterocycles. The van der Waals surface area contributed by atoms with Crippen LogP contribution in [-0.2, 0) is 9.53 Å². The van der Waals surface area contributed by atoms with Gasteiger partial charge in [0.05, 0.1) is 19.1 Å². The molecule has 1 aliphatic heterocycles. The molecule has 2 bridgehead atoms. The van der Waals surface area contributed by atoms with Crippen LogP contribution in [0.15, 0.2) is 0 Å². The quantitative estimate of drug-likeness (QED) is 0.833. The number of carbonyl (C=O) groups is 1. The van der Waals surface area contributed by atoms with Gasteiger partial charge < -0.3 is 15.4 Å². The Labute approximate surface area is 128 Å². The second-order valence-electron chi connectivity index (χ2n) is 8.16. The SMILES string of the molecule is CCNC1COCC1C(=O)NC1C2(C)CCC(C2)C1(C)C. The monoisotopic (exact) mass is 294 g/mol. The minimum Gasteiger partial charge on any atom is -0.379 e. The smallest absolute Gasteiger partial charge is 0.227 e. The third kappa shape index (κ3) is 2.40. The van der Waals surface area contributed by atoms with Crippen molar-refractivity contribution in [1.82, 2.24) is 10.6 Å². The number of hydrogen-bond donors (Lipinski definition) is 2. The minimum atomic E-state index is -0.0384. The first kappa shape index (κ1) is 15.3. The van der Waals surface area contributed by atoms with Crippen LogP contribution in [-0.4, -0.2) is 37.7 Å². The fourth-order valence-corrected chi connectivity index (χ4v) is 5.19. The summed E-state index contributed by atoms with van der Waals surface area (Å²) in [5.41, 5.74) is 0.507. The van der Waals surface area contributed by atoms with Gasteiger partial charge in [-0.15, -0.1) is 0 Å². The summed E-state index contributed by atoms with van der Waals surface area (Å²) in [6, 6.07) is 0.476. The highest BCUT2D eigenvalue weighted by molar-refractivity contribution is 5.80. The highest BCUT2D eigenvalue weighted by atomic mass is 16.5. The summed E-state index contributed by atoms with van der Waals surface area (Å²) in [5.74, 6) is 0.908. The van der Waals surface area contributed by atoms with Crippen LogP contribution < -0.4 is 10.6 Å². The van der Waals surface area contributed by atoms with Gasteiger partial charge in [-0.1, -0.05) is 27.7 Å². The van der Waals surface area contributed by atoms with Crippen LogP contribution in [0.25, 0.3) is 0 Å². The van der Waals surface area contributed by atoms with E-state index in [1.54, 1.807) is 0 Å². The molecule has 21 heavy (non-hydrogen) atoms. The molecule has 5 unspecified atom stereocenters. The van der Waals surface area contributed by atoms with E-state index in [-0.39, 0.29) is 28.7 Å². The van der Waals surface area contributed by atoms with Crippen molar-refractivity contribution in [2.75, 3.05) is 19.8 Å². The van der Waals surface area contributed by atoms with E-state index < -0.39 is 0 Å². The van der Waals surface area contributed by atoms with Crippen molar-refractivity contribution in [1.29, 1.82) is 0 Å². The zero-order valence-corrected chi connectivity index (χ0v) is 13.9. The Kier molecular flexibility index (Phi) is 3.81. The van der Waals surface area contributed by atoms with Crippen LogP contribution in [0.2, 0.25) is 0 Å². The molecule has 1 amide bonds. The van der Waals surface area contributed by atoms with E-state index in [0.717, 1.165) is 12.5 Å². The first-order valence-electron chi connectivity index (χ1n) is 8.50. The van der Waals surface area contributed by atoms with E-state index in [1.165, 1.54) is 19.3 Å². The predicted octanol–water partition coefficient (Wildman–Crippen LogP) is 1.94. The molecule has 120 valence electrons. The summed E-state index contributed by atoms with van der Waals surface area (Å²) < 4.78 is 5.52. The molecule has 0 radical (unpaired) electrons. The first-order valence-corrected chi connectivity index (χ1v) is 8.50. The Morgan fingerprint density at radius 2 is 2.05 bits per heavy atom. The lowest BCUT2D eigenvalue weighted by Crippen LogP contribution is -2.55. The maximum atomic E-state index is 12.8. The van der Waals surface area contributed by atoms with Crippen molar-refractivity contribution in [3.63, 3.8) is 0 Å². The predicted molar refractivity (Wildman–Crippen MR) is 82.9 cm³/mol. The molecule has 4 heteroatoms. The highest BCUT2D eigenvalue weighted by Crippen LogP contribution is 2.62. The van der Waals surface area contributed by atoms with Crippen molar-refractivity contribution in [2.45, 2.75) is 59.0 Å². The summed E-state index contributed by atoms with van der Waals surface area (Å²) in [6.07, 6.45) is 3.84. The Balaban J connectivity index is 1.70. The Morgan fingerprint density at radius 1 is 1.29 bits per heavy atom. The van der Waals surface area contributed by atoms with E-state index in [1.807, 2.05) is 0 Å². The van der Waals surface area contributed by atoms with Gasteiger partial charge in [0.2, 0.25) is 5.91 Å². The molecule has 3 fully saturated rings. The topological polar surface area (TPSA) is 50.4 Å². The van der Waals surface area contributed by atoms with Crippen LogP contribution in [0.1, 0.15) is 47.0 Å². The van der Waals surface area contributed by atoms with Crippen LogP contribution in [0, 0.1) is 22.7 Å². The van der Waals surface area contributed by atoms with Gasteiger partial charge in [0.25, 0.3) is 0 Å². The Hall–Kier alpha value is -0.610. The Morgan fingerprint density at radius 3 is 2.67 bits per heavy atom. The highest BCUT2D eigenvalue weighted by Gasteiger charge is 2.60. The van der Waals surface area contributed by atoms with Crippen molar-refractivity contribution in [3.05, 3.63) is 0 Å². The molecule has 1 heterocycles. The molecule has 3 aliphatic rings. The molecule has 3 rings (SSSR count). The summed E-state index contributed by atoms with van der Waals surface area (Å²) in [5, 5.41) is 6.79. The number of likely N-dealkylation sites (N-methyl/N-ethyl adjacent to an activating group) is 1. The van der Waals surface area contributed by atoms with Crippen LogP contribution in [0.4, 0.5) is 0 Å². The third-order valence-electron chi connectivity index (χ3n) is 6.44. The van der Waals surface area contributed by atoms with E-state index in [2.05, 4.69) is 38.3 Å². The minimum absolute atomic E-state index is 0.0384. The maximum Gasteiger partial charge on any atom is 0.227 e. The molecule has 0 aromatic rings. The van der Waals surface area contributed by atoms with Crippen LogP contribution in [0.5, 0.6) is 0 Å². The van der Waals surface area contributed by atoms with Crippen LogP contribution >= 0.6 is 0 Å². The lowest BCUT2D eigenvalue weighted by atomic mass is 9.68. The molecule has 1 saturated heterocycles. The fourth-order valence-electron chi connectivity index (χ4n) is 5.19. The van der Waals surface area contributed by atoms with Gasteiger partial charge in [-0.25, -0.2) is 0 Å². The molecule has 4 nitrogen and oxygen atoms in total. The number of hydrogen-bond acceptors (Lipinski definition) is 3. The van der Waals surface area contributed by atoms with Gasteiger partial charge in [-0.05, 0) is 42.6 Å². The first-order chi connectivity index (χ1) is 9.88. The maximum absolute atomic E-state index is 12.8. The van der Waals surface area contributed by atoms with Crippen molar-refractivity contribution < 1.29 is 9.53 Å².